The second-order valence-corrected chi connectivity index (χ2v) is 3.85. The van der Waals surface area contributed by atoms with Crippen LogP contribution in [0.15, 0.2) is 30.1 Å². The van der Waals surface area contributed by atoms with E-state index in [2.05, 4.69) is 0 Å². The van der Waals surface area contributed by atoms with E-state index in [-0.39, 0.29) is 5.57 Å². The number of esters is 2. The quantitative estimate of drug-likeness (QED) is 0.405. The highest BCUT2D eigenvalue weighted by Crippen LogP contribution is 2.22. The largest absolute Gasteiger partial charge is 0.419 e. The normalized spacial score (nSPS) is 19.0. The van der Waals surface area contributed by atoms with E-state index in [0.29, 0.717) is 0 Å². The minimum atomic E-state index is -1.19. The summed E-state index contributed by atoms with van der Waals surface area (Å²) in [5, 5.41) is 0. The van der Waals surface area contributed by atoms with Gasteiger partial charge in [0.25, 0.3) is 5.79 Å². The highest BCUT2D eigenvalue weighted by Gasteiger charge is 2.38. The summed E-state index contributed by atoms with van der Waals surface area (Å²) in [6.45, 7) is 3.02. The molecule has 2 rings (SSSR count). The fourth-order valence-corrected chi connectivity index (χ4v) is 1.35. The minimum absolute atomic E-state index is 0.115. The Morgan fingerprint density at radius 1 is 1.12 bits per heavy atom. The molecule has 1 aromatic rings. The van der Waals surface area contributed by atoms with E-state index in [0.717, 1.165) is 0 Å². The molecule has 1 aliphatic heterocycles. The van der Waals surface area contributed by atoms with Crippen molar-refractivity contribution in [2.75, 3.05) is 0 Å². The number of nitrogens with zero attached hydrogens (tertiary/aromatic N) is 1. The molecule has 0 amide bonds. The third-order valence-electron chi connectivity index (χ3n) is 2.02. The number of aromatic nitrogens is 1. The van der Waals surface area contributed by atoms with E-state index in [1.54, 1.807) is 29.1 Å². The van der Waals surface area contributed by atoms with Crippen molar-refractivity contribution >= 4 is 18.1 Å². The zero-order chi connectivity index (χ0) is 11.8. The molecule has 0 aromatic carbocycles. The highest BCUT2D eigenvalue weighted by atomic mass is 16.7. The molecule has 1 aromatic heterocycles. The van der Waals surface area contributed by atoms with Gasteiger partial charge in [-0.2, -0.15) is 0 Å². The van der Waals surface area contributed by atoms with E-state index in [9.17, 15) is 9.59 Å². The van der Waals surface area contributed by atoms with Crippen LogP contribution in [0, 0.1) is 0 Å². The molecule has 1 fully saturated rings. The van der Waals surface area contributed by atoms with Crippen LogP contribution < -0.4 is 0 Å². The maximum Gasteiger partial charge on any atom is 0.350 e. The topological polar surface area (TPSA) is 57.5 Å². The average Bonchev–Trinajstić information content (AvgIpc) is 2.62. The molecule has 0 aliphatic carbocycles. The first-order chi connectivity index (χ1) is 7.48. The van der Waals surface area contributed by atoms with Crippen LogP contribution in [0.4, 0.5) is 0 Å². The van der Waals surface area contributed by atoms with Crippen LogP contribution in [-0.4, -0.2) is 22.3 Å². The van der Waals surface area contributed by atoms with Gasteiger partial charge >= 0.3 is 11.9 Å². The van der Waals surface area contributed by atoms with Crippen LogP contribution in [0.5, 0.6) is 0 Å². The summed E-state index contributed by atoms with van der Waals surface area (Å²) in [5.41, 5.74) is -0.115. The summed E-state index contributed by atoms with van der Waals surface area (Å²) in [4.78, 5) is 23.1. The zero-order valence-electron chi connectivity index (χ0n) is 8.97. The molecule has 0 spiro atoms. The van der Waals surface area contributed by atoms with E-state index in [4.69, 9.17) is 9.47 Å². The van der Waals surface area contributed by atoms with Crippen molar-refractivity contribution in [3.05, 3.63) is 30.1 Å². The Labute approximate surface area is 92.3 Å². The van der Waals surface area contributed by atoms with Crippen LogP contribution in [0.3, 0.4) is 0 Å². The lowest BCUT2D eigenvalue weighted by atomic mass is 10.2. The van der Waals surface area contributed by atoms with E-state index < -0.39 is 17.7 Å². The summed E-state index contributed by atoms with van der Waals surface area (Å²) in [5.74, 6) is -2.53. The van der Waals surface area contributed by atoms with Crippen molar-refractivity contribution < 1.29 is 19.1 Å². The summed E-state index contributed by atoms with van der Waals surface area (Å²) < 4.78 is 11.5. The lowest BCUT2D eigenvalue weighted by Gasteiger charge is -2.29. The fourth-order valence-electron chi connectivity index (χ4n) is 1.35. The number of ether oxygens (including phenoxy) is 2. The highest BCUT2D eigenvalue weighted by molar-refractivity contribution is 6.17. The predicted octanol–water partition coefficient (Wildman–Crippen LogP) is 1.17. The minimum Gasteiger partial charge on any atom is -0.419 e. The molecule has 5 heteroatoms. The van der Waals surface area contributed by atoms with Gasteiger partial charge in [-0.15, -0.1) is 0 Å². The van der Waals surface area contributed by atoms with E-state index >= 15 is 0 Å². The standard InChI is InChI=1S/C11H11NO4/c1-11(2)15-9(13)8(10(14)16-11)7-12-5-3-4-6-12/h3-7H,1-2H3. The van der Waals surface area contributed by atoms with Gasteiger partial charge in [-0.05, 0) is 12.1 Å². The number of hydrogen-bond donors (Lipinski definition) is 0. The van der Waals surface area contributed by atoms with Gasteiger partial charge in [-0.3, -0.25) is 0 Å². The second-order valence-electron chi connectivity index (χ2n) is 3.85. The summed E-state index contributed by atoms with van der Waals surface area (Å²) in [7, 11) is 0. The Bertz CT molecular complexity index is 434. The van der Waals surface area contributed by atoms with Gasteiger partial charge in [0.15, 0.2) is 5.57 Å². The average molecular weight is 221 g/mol. The van der Waals surface area contributed by atoms with Gasteiger partial charge in [-0.25, -0.2) is 9.59 Å². The smallest absolute Gasteiger partial charge is 0.350 e. The predicted molar refractivity (Wildman–Crippen MR) is 55.0 cm³/mol. The molecular formula is C11H11NO4. The first-order valence-corrected chi connectivity index (χ1v) is 4.79. The van der Waals surface area contributed by atoms with Gasteiger partial charge in [-0.1, -0.05) is 0 Å². The molecule has 1 aliphatic rings. The van der Waals surface area contributed by atoms with Gasteiger partial charge in [0.1, 0.15) is 0 Å². The summed E-state index contributed by atoms with van der Waals surface area (Å²) >= 11 is 0. The Kier molecular flexibility index (Phi) is 2.30. The number of rotatable bonds is 1. The molecule has 2 heterocycles. The van der Waals surface area contributed by atoms with Gasteiger partial charge in [0, 0.05) is 32.4 Å². The molecule has 5 nitrogen and oxygen atoms in total. The molecule has 84 valence electrons. The van der Waals surface area contributed by atoms with Crippen LogP contribution in [0.1, 0.15) is 13.8 Å². The first-order valence-electron chi connectivity index (χ1n) is 4.79. The van der Waals surface area contributed by atoms with Crippen molar-refractivity contribution in [1.29, 1.82) is 0 Å². The Balaban J connectivity index is 2.30. The van der Waals surface area contributed by atoms with E-state index in [1.807, 2.05) is 0 Å². The van der Waals surface area contributed by atoms with Crippen LogP contribution in [-0.2, 0) is 19.1 Å². The van der Waals surface area contributed by atoms with Crippen molar-refractivity contribution in [1.82, 2.24) is 4.57 Å². The number of carbonyl (C=O) groups is 2. The third kappa shape index (κ3) is 1.98. The molecular weight excluding hydrogens is 210 g/mol. The Hall–Kier alpha value is -2.04. The first kappa shape index (κ1) is 10.5. The molecule has 0 bridgehead atoms. The SMILES string of the molecule is CC1(C)OC(=O)C(=Cn2cccc2)C(=O)O1. The second kappa shape index (κ2) is 3.52. The zero-order valence-corrected chi connectivity index (χ0v) is 8.97. The Morgan fingerprint density at radius 3 is 2.12 bits per heavy atom. The van der Waals surface area contributed by atoms with Crippen molar-refractivity contribution in [2.45, 2.75) is 19.6 Å². The molecule has 0 atom stereocenters. The molecule has 0 radical (unpaired) electrons. The molecule has 1 saturated heterocycles. The number of carbonyl (C=O) groups excluding carboxylic acids is 2. The van der Waals surface area contributed by atoms with Crippen molar-refractivity contribution in [3.8, 4) is 0 Å². The number of cyclic esters (lactones) is 2. The monoisotopic (exact) mass is 221 g/mol. The lowest BCUT2D eigenvalue weighted by molar-refractivity contribution is -0.222. The van der Waals surface area contributed by atoms with Crippen LogP contribution in [0.2, 0.25) is 0 Å². The molecule has 0 N–H and O–H groups in total. The third-order valence-corrected chi connectivity index (χ3v) is 2.02. The maximum absolute atomic E-state index is 11.5. The maximum atomic E-state index is 11.5. The summed E-state index contributed by atoms with van der Waals surface area (Å²) in [6, 6.07) is 3.56. The van der Waals surface area contributed by atoms with E-state index in [1.165, 1.54) is 20.0 Å². The van der Waals surface area contributed by atoms with Gasteiger partial charge in [0.2, 0.25) is 0 Å². The molecule has 0 saturated carbocycles. The number of hydrogen-bond acceptors (Lipinski definition) is 4. The molecule has 0 unspecified atom stereocenters. The van der Waals surface area contributed by atoms with Gasteiger partial charge < -0.3 is 14.0 Å². The molecule has 16 heavy (non-hydrogen) atoms. The van der Waals surface area contributed by atoms with Crippen LogP contribution >= 0.6 is 0 Å². The Morgan fingerprint density at radius 2 is 1.62 bits per heavy atom. The van der Waals surface area contributed by atoms with Crippen LogP contribution in [0.25, 0.3) is 6.20 Å². The lowest BCUT2D eigenvalue weighted by Crippen LogP contribution is -2.41. The van der Waals surface area contributed by atoms with Crippen molar-refractivity contribution in [3.63, 3.8) is 0 Å². The fraction of sp³-hybridized carbons (Fsp3) is 0.273. The van der Waals surface area contributed by atoms with Gasteiger partial charge in [0.05, 0.1) is 0 Å². The summed E-state index contributed by atoms with van der Waals surface area (Å²) in [6.07, 6.45) is 4.78. The van der Waals surface area contributed by atoms with Crippen molar-refractivity contribution in [2.24, 2.45) is 0 Å².